The molecule has 0 aliphatic rings. The molecular formula is C26H26N6O2. The van der Waals surface area contributed by atoms with E-state index in [1.165, 1.54) is 0 Å². The van der Waals surface area contributed by atoms with E-state index >= 15 is 0 Å². The van der Waals surface area contributed by atoms with Gasteiger partial charge in [0.25, 0.3) is 0 Å². The monoisotopic (exact) mass is 454 g/mol. The highest BCUT2D eigenvalue weighted by Crippen LogP contribution is 2.38. The summed E-state index contributed by atoms with van der Waals surface area (Å²) in [5.41, 5.74) is 2.11. The van der Waals surface area contributed by atoms with Gasteiger partial charge >= 0.3 is 6.09 Å². The highest BCUT2D eigenvalue weighted by Gasteiger charge is 2.27. The number of hydrogen-bond donors (Lipinski definition) is 1. The lowest BCUT2D eigenvalue weighted by molar-refractivity contribution is 0.0635. The van der Waals surface area contributed by atoms with Crippen LogP contribution in [0.25, 0.3) is 0 Å². The zero-order chi connectivity index (χ0) is 24.0. The van der Waals surface area contributed by atoms with Gasteiger partial charge in [-0.25, -0.2) is 9.78 Å². The minimum absolute atomic E-state index is 0.295. The Morgan fingerprint density at radius 3 is 2.00 bits per heavy atom. The molecule has 8 nitrogen and oxygen atoms in total. The summed E-state index contributed by atoms with van der Waals surface area (Å²) >= 11 is 0. The summed E-state index contributed by atoms with van der Waals surface area (Å²) in [5.74, 6) is 0.982. The van der Waals surface area contributed by atoms with Crippen LogP contribution in [0.1, 0.15) is 37.9 Å². The number of nitrogens with one attached hydrogen (secondary N) is 1. The maximum absolute atomic E-state index is 12.3. The molecule has 34 heavy (non-hydrogen) atoms. The smallest absolute Gasteiger partial charge is 0.413 e. The van der Waals surface area contributed by atoms with Gasteiger partial charge in [0, 0.05) is 31.0 Å². The SMILES string of the molecule is CC(C)(C)OC(=O)Nc1cccc(N(c2cccnc2)C(c2cccnc2)c2cccnc2)n1. The van der Waals surface area contributed by atoms with Crippen molar-refractivity contribution in [3.05, 3.63) is 103 Å². The van der Waals surface area contributed by atoms with Crippen LogP contribution in [-0.4, -0.2) is 31.6 Å². The summed E-state index contributed by atoms with van der Waals surface area (Å²) in [6.07, 6.45) is 10.0. The number of aromatic nitrogens is 4. The number of pyridine rings is 4. The average Bonchev–Trinajstić information content (AvgIpc) is 2.83. The van der Waals surface area contributed by atoms with Crippen LogP contribution in [0.5, 0.6) is 0 Å². The topological polar surface area (TPSA) is 93.1 Å². The standard InChI is InChI=1S/C26H26N6O2/c1-26(2,3)34-25(33)31-22-11-4-12-23(30-22)32(21-10-7-15-29-18-21)24(19-8-5-13-27-16-19)20-9-6-14-28-17-20/h4-18,24H,1-3H3,(H,30,31,33). The molecule has 4 aromatic rings. The second kappa shape index (κ2) is 10.1. The lowest BCUT2D eigenvalue weighted by atomic mass is 9.99. The molecule has 0 aliphatic heterocycles. The second-order valence-corrected chi connectivity index (χ2v) is 8.56. The normalized spacial score (nSPS) is 11.2. The van der Waals surface area contributed by atoms with Crippen molar-refractivity contribution in [2.45, 2.75) is 32.4 Å². The third-order valence-electron chi connectivity index (χ3n) is 4.79. The van der Waals surface area contributed by atoms with Gasteiger partial charge in [0.1, 0.15) is 17.2 Å². The number of hydrogen-bond acceptors (Lipinski definition) is 7. The van der Waals surface area contributed by atoms with E-state index in [1.807, 2.05) is 86.6 Å². The Labute approximate surface area is 198 Å². The Balaban J connectivity index is 1.80. The molecule has 8 heteroatoms. The minimum atomic E-state index is -0.616. The van der Waals surface area contributed by atoms with Crippen LogP contribution in [-0.2, 0) is 4.74 Å². The summed E-state index contributed by atoms with van der Waals surface area (Å²) in [7, 11) is 0. The largest absolute Gasteiger partial charge is 0.444 e. The molecule has 1 amide bonds. The van der Waals surface area contributed by atoms with Gasteiger partial charge in [-0.1, -0.05) is 18.2 Å². The summed E-state index contributed by atoms with van der Waals surface area (Å²) in [5, 5.41) is 2.72. The van der Waals surface area contributed by atoms with Gasteiger partial charge in [-0.2, -0.15) is 0 Å². The quantitative estimate of drug-likeness (QED) is 0.409. The minimum Gasteiger partial charge on any atom is -0.444 e. The molecule has 4 heterocycles. The molecule has 172 valence electrons. The first kappa shape index (κ1) is 22.8. The Bertz CT molecular complexity index is 1170. The van der Waals surface area contributed by atoms with Crippen molar-refractivity contribution in [2.24, 2.45) is 0 Å². The molecule has 0 radical (unpaired) electrons. The van der Waals surface area contributed by atoms with E-state index in [4.69, 9.17) is 9.72 Å². The fourth-order valence-electron chi connectivity index (χ4n) is 3.51. The zero-order valence-corrected chi connectivity index (χ0v) is 19.3. The summed E-state index contributed by atoms with van der Waals surface area (Å²) in [6, 6.07) is 16.8. The number of carbonyl (C=O) groups is 1. The number of ether oxygens (including phenoxy) is 1. The number of anilines is 3. The molecule has 0 spiro atoms. The van der Waals surface area contributed by atoms with Crippen molar-refractivity contribution >= 4 is 23.4 Å². The van der Waals surface area contributed by atoms with Crippen LogP contribution in [0.3, 0.4) is 0 Å². The first-order chi connectivity index (χ1) is 16.4. The Hall–Kier alpha value is -4.33. The Morgan fingerprint density at radius 2 is 1.47 bits per heavy atom. The fraction of sp³-hybridized carbons (Fsp3) is 0.192. The van der Waals surface area contributed by atoms with E-state index in [1.54, 1.807) is 30.9 Å². The van der Waals surface area contributed by atoms with Crippen molar-refractivity contribution in [3.63, 3.8) is 0 Å². The zero-order valence-electron chi connectivity index (χ0n) is 19.3. The van der Waals surface area contributed by atoms with Crippen molar-refractivity contribution in [3.8, 4) is 0 Å². The van der Waals surface area contributed by atoms with Crippen LogP contribution in [0, 0.1) is 0 Å². The highest BCUT2D eigenvalue weighted by atomic mass is 16.6. The molecule has 4 aromatic heterocycles. The van der Waals surface area contributed by atoms with Gasteiger partial charge in [-0.15, -0.1) is 0 Å². The summed E-state index contributed by atoms with van der Waals surface area (Å²) in [4.78, 5) is 32.1. The van der Waals surface area contributed by atoms with Crippen LogP contribution in [0.15, 0.2) is 91.8 Å². The fourth-order valence-corrected chi connectivity index (χ4v) is 3.51. The van der Waals surface area contributed by atoms with Crippen molar-refractivity contribution in [1.82, 2.24) is 19.9 Å². The third-order valence-corrected chi connectivity index (χ3v) is 4.79. The predicted molar refractivity (Wildman–Crippen MR) is 131 cm³/mol. The molecule has 4 rings (SSSR count). The third kappa shape index (κ3) is 5.72. The molecule has 1 N–H and O–H groups in total. The van der Waals surface area contributed by atoms with E-state index in [9.17, 15) is 4.79 Å². The van der Waals surface area contributed by atoms with Crippen LogP contribution in [0.4, 0.5) is 22.1 Å². The molecule has 0 aliphatic carbocycles. The maximum Gasteiger partial charge on any atom is 0.413 e. The first-order valence-corrected chi connectivity index (χ1v) is 10.9. The van der Waals surface area contributed by atoms with Crippen LogP contribution in [0.2, 0.25) is 0 Å². The number of carbonyl (C=O) groups excluding carboxylic acids is 1. The Morgan fingerprint density at radius 1 is 0.853 bits per heavy atom. The number of nitrogens with zero attached hydrogens (tertiary/aromatic N) is 5. The molecule has 0 aromatic carbocycles. The number of rotatable bonds is 6. The molecule has 0 saturated carbocycles. The maximum atomic E-state index is 12.3. The van der Waals surface area contributed by atoms with Gasteiger partial charge in [-0.3, -0.25) is 20.3 Å². The van der Waals surface area contributed by atoms with Crippen LogP contribution < -0.4 is 10.2 Å². The molecule has 0 saturated heterocycles. The van der Waals surface area contributed by atoms with E-state index in [0.29, 0.717) is 11.6 Å². The van der Waals surface area contributed by atoms with E-state index in [-0.39, 0.29) is 6.04 Å². The van der Waals surface area contributed by atoms with Gasteiger partial charge in [0.05, 0.1) is 17.9 Å². The average molecular weight is 455 g/mol. The van der Waals surface area contributed by atoms with Gasteiger partial charge in [0.15, 0.2) is 0 Å². The molecule has 0 atom stereocenters. The van der Waals surface area contributed by atoms with Gasteiger partial charge < -0.3 is 9.64 Å². The summed E-state index contributed by atoms with van der Waals surface area (Å²) < 4.78 is 5.38. The lowest BCUT2D eigenvalue weighted by Crippen LogP contribution is -2.28. The van der Waals surface area contributed by atoms with Gasteiger partial charge in [-0.05, 0) is 68.3 Å². The van der Waals surface area contributed by atoms with E-state index in [0.717, 1.165) is 16.8 Å². The van der Waals surface area contributed by atoms with E-state index < -0.39 is 11.7 Å². The van der Waals surface area contributed by atoms with Crippen molar-refractivity contribution in [1.29, 1.82) is 0 Å². The van der Waals surface area contributed by atoms with Crippen LogP contribution >= 0.6 is 0 Å². The van der Waals surface area contributed by atoms with Crippen molar-refractivity contribution in [2.75, 3.05) is 10.2 Å². The lowest BCUT2D eigenvalue weighted by Gasteiger charge is -2.33. The van der Waals surface area contributed by atoms with Crippen molar-refractivity contribution < 1.29 is 9.53 Å². The molecule has 0 unspecified atom stereocenters. The molecular weight excluding hydrogens is 428 g/mol. The number of amides is 1. The predicted octanol–water partition coefficient (Wildman–Crippen LogP) is 5.54. The van der Waals surface area contributed by atoms with Gasteiger partial charge in [0.2, 0.25) is 0 Å². The van der Waals surface area contributed by atoms with E-state index in [2.05, 4.69) is 20.3 Å². The Kier molecular flexibility index (Phi) is 6.77. The molecule has 0 fully saturated rings. The highest BCUT2D eigenvalue weighted by molar-refractivity contribution is 5.84. The first-order valence-electron chi connectivity index (χ1n) is 10.9. The molecule has 0 bridgehead atoms. The summed E-state index contributed by atoms with van der Waals surface area (Å²) in [6.45, 7) is 5.44. The second-order valence-electron chi connectivity index (χ2n) is 8.56.